The third-order valence-electron chi connectivity index (χ3n) is 1.94. The largest absolute Gasteiger partial charge is 0.363 e. The Balaban J connectivity index is 2.16. The maximum absolute atomic E-state index is 4.17. The molecule has 1 aromatic heterocycles. The van der Waals surface area contributed by atoms with Gasteiger partial charge in [-0.05, 0) is 25.0 Å². The molecule has 0 aliphatic carbocycles. The predicted octanol–water partition coefficient (Wildman–Crippen LogP) is 2.30. The summed E-state index contributed by atoms with van der Waals surface area (Å²) in [6.07, 6.45) is 4.22. The lowest BCUT2D eigenvalue weighted by Gasteiger charge is -2.12. The molecule has 1 aliphatic rings. The molecule has 0 saturated carbocycles. The molecule has 0 amide bonds. The summed E-state index contributed by atoms with van der Waals surface area (Å²) in [4.78, 5) is 3.15. The molecule has 0 saturated heterocycles. The van der Waals surface area contributed by atoms with Gasteiger partial charge in [-0.15, -0.1) is 0 Å². The van der Waals surface area contributed by atoms with E-state index in [1.807, 2.05) is 12.3 Å². The van der Waals surface area contributed by atoms with Crippen molar-refractivity contribution in [2.24, 2.45) is 10.2 Å². The van der Waals surface area contributed by atoms with Gasteiger partial charge in [-0.1, -0.05) is 0 Å². The SMILES string of the molecule is c1c[nH]c(C2CCCN=N2)c1. The molecule has 1 aromatic rings. The van der Waals surface area contributed by atoms with Crippen molar-refractivity contribution in [3.8, 4) is 0 Å². The molecular formula is C8H11N3. The lowest BCUT2D eigenvalue weighted by molar-refractivity contribution is 0.522. The summed E-state index contributed by atoms with van der Waals surface area (Å²) in [7, 11) is 0. The lowest BCUT2D eigenvalue weighted by Crippen LogP contribution is -2.01. The van der Waals surface area contributed by atoms with Gasteiger partial charge in [-0.25, -0.2) is 0 Å². The number of hydrogen-bond acceptors (Lipinski definition) is 2. The second kappa shape index (κ2) is 2.86. The maximum Gasteiger partial charge on any atom is 0.111 e. The van der Waals surface area contributed by atoms with E-state index in [1.54, 1.807) is 0 Å². The minimum absolute atomic E-state index is 0.291. The first-order chi connectivity index (χ1) is 5.47. The minimum Gasteiger partial charge on any atom is -0.363 e. The predicted molar refractivity (Wildman–Crippen MR) is 42.5 cm³/mol. The monoisotopic (exact) mass is 149 g/mol. The summed E-state index contributed by atoms with van der Waals surface area (Å²) >= 11 is 0. The van der Waals surface area contributed by atoms with Crippen molar-refractivity contribution in [2.75, 3.05) is 6.54 Å². The van der Waals surface area contributed by atoms with Gasteiger partial charge in [0, 0.05) is 11.9 Å². The van der Waals surface area contributed by atoms with Crippen LogP contribution in [0.15, 0.2) is 28.6 Å². The van der Waals surface area contributed by atoms with E-state index in [2.05, 4.69) is 21.3 Å². The summed E-state index contributed by atoms with van der Waals surface area (Å²) in [6.45, 7) is 0.900. The molecule has 1 aliphatic heterocycles. The molecule has 1 N–H and O–H groups in total. The Bertz CT molecular complexity index is 238. The molecule has 3 heteroatoms. The summed E-state index contributed by atoms with van der Waals surface area (Å²) in [5.41, 5.74) is 1.19. The highest BCUT2D eigenvalue weighted by molar-refractivity contribution is 5.09. The van der Waals surface area contributed by atoms with Crippen LogP contribution in [0.3, 0.4) is 0 Å². The van der Waals surface area contributed by atoms with E-state index in [9.17, 15) is 0 Å². The fourth-order valence-corrected chi connectivity index (χ4v) is 1.34. The molecule has 11 heavy (non-hydrogen) atoms. The lowest BCUT2D eigenvalue weighted by atomic mass is 10.1. The number of H-pyrrole nitrogens is 1. The van der Waals surface area contributed by atoms with Gasteiger partial charge >= 0.3 is 0 Å². The fraction of sp³-hybridized carbons (Fsp3) is 0.500. The van der Waals surface area contributed by atoms with E-state index in [0.717, 1.165) is 19.4 Å². The molecule has 58 valence electrons. The van der Waals surface area contributed by atoms with Gasteiger partial charge in [0.25, 0.3) is 0 Å². The number of hydrogen-bond donors (Lipinski definition) is 1. The van der Waals surface area contributed by atoms with Gasteiger partial charge in [0.2, 0.25) is 0 Å². The molecule has 1 atom stereocenters. The summed E-state index contributed by atoms with van der Waals surface area (Å²) in [5, 5.41) is 8.19. The van der Waals surface area contributed by atoms with E-state index in [-0.39, 0.29) is 0 Å². The number of aromatic amines is 1. The van der Waals surface area contributed by atoms with Crippen molar-refractivity contribution >= 4 is 0 Å². The van der Waals surface area contributed by atoms with Crippen LogP contribution in [0.1, 0.15) is 24.6 Å². The maximum atomic E-state index is 4.17. The van der Waals surface area contributed by atoms with E-state index in [1.165, 1.54) is 5.69 Å². The quantitative estimate of drug-likeness (QED) is 0.636. The van der Waals surface area contributed by atoms with Gasteiger partial charge in [0.15, 0.2) is 0 Å². The van der Waals surface area contributed by atoms with Crippen LogP contribution in [0.25, 0.3) is 0 Å². The first kappa shape index (κ1) is 6.58. The van der Waals surface area contributed by atoms with Crippen molar-refractivity contribution in [1.82, 2.24) is 4.98 Å². The first-order valence-electron chi connectivity index (χ1n) is 3.97. The molecule has 2 heterocycles. The Morgan fingerprint density at radius 2 is 2.55 bits per heavy atom. The van der Waals surface area contributed by atoms with Crippen LogP contribution in [-0.2, 0) is 0 Å². The van der Waals surface area contributed by atoms with Crippen molar-refractivity contribution in [2.45, 2.75) is 18.9 Å². The highest BCUT2D eigenvalue weighted by atomic mass is 15.1. The number of azo groups is 1. The molecule has 0 radical (unpaired) electrons. The fourth-order valence-electron chi connectivity index (χ4n) is 1.34. The zero-order valence-electron chi connectivity index (χ0n) is 6.33. The van der Waals surface area contributed by atoms with Gasteiger partial charge in [0.05, 0.1) is 6.54 Å². The Morgan fingerprint density at radius 3 is 3.18 bits per heavy atom. The van der Waals surface area contributed by atoms with E-state index >= 15 is 0 Å². The Kier molecular flexibility index (Phi) is 1.71. The Hall–Kier alpha value is -1.12. The third-order valence-corrected chi connectivity index (χ3v) is 1.94. The summed E-state index contributed by atoms with van der Waals surface area (Å²) < 4.78 is 0. The second-order valence-corrected chi connectivity index (χ2v) is 2.76. The molecular weight excluding hydrogens is 138 g/mol. The average Bonchev–Trinajstić information content (AvgIpc) is 2.58. The highest BCUT2D eigenvalue weighted by Gasteiger charge is 2.12. The van der Waals surface area contributed by atoms with E-state index in [0.29, 0.717) is 6.04 Å². The zero-order valence-corrected chi connectivity index (χ0v) is 6.33. The van der Waals surface area contributed by atoms with Crippen molar-refractivity contribution < 1.29 is 0 Å². The molecule has 0 bridgehead atoms. The van der Waals surface area contributed by atoms with Crippen LogP contribution >= 0.6 is 0 Å². The van der Waals surface area contributed by atoms with Crippen LogP contribution < -0.4 is 0 Å². The van der Waals surface area contributed by atoms with Crippen molar-refractivity contribution in [1.29, 1.82) is 0 Å². The second-order valence-electron chi connectivity index (χ2n) is 2.76. The Labute approximate surface area is 65.5 Å². The molecule has 3 nitrogen and oxygen atoms in total. The third kappa shape index (κ3) is 1.31. The Morgan fingerprint density at radius 1 is 1.55 bits per heavy atom. The number of nitrogens with zero attached hydrogens (tertiary/aromatic N) is 2. The average molecular weight is 149 g/mol. The number of rotatable bonds is 1. The summed E-state index contributed by atoms with van der Waals surface area (Å²) in [5.74, 6) is 0. The number of nitrogens with one attached hydrogen (secondary N) is 1. The van der Waals surface area contributed by atoms with Crippen molar-refractivity contribution in [3.63, 3.8) is 0 Å². The van der Waals surface area contributed by atoms with Crippen LogP contribution in [0.4, 0.5) is 0 Å². The van der Waals surface area contributed by atoms with Gasteiger partial charge in [0.1, 0.15) is 6.04 Å². The molecule has 1 unspecified atom stereocenters. The van der Waals surface area contributed by atoms with Crippen LogP contribution in [0.5, 0.6) is 0 Å². The first-order valence-corrected chi connectivity index (χ1v) is 3.97. The molecule has 2 rings (SSSR count). The van der Waals surface area contributed by atoms with Gasteiger partial charge in [-0.3, -0.25) is 0 Å². The molecule has 0 spiro atoms. The number of aromatic nitrogens is 1. The van der Waals surface area contributed by atoms with Crippen molar-refractivity contribution in [3.05, 3.63) is 24.0 Å². The highest BCUT2D eigenvalue weighted by Crippen LogP contribution is 2.24. The zero-order chi connectivity index (χ0) is 7.52. The van der Waals surface area contributed by atoms with Crippen LogP contribution in [0, 0.1) is 0 Å². The smallest absolute Gasteiger partial charge is 0.111 e. The van der Waals surface area contributed by atoms with Crippen LogP contribution in [0.2, 0.25) is 0 Å². The molecule has 0 aromatic carbocycles. The van der Waals surface area contributed by atoms with Gasteiger partial charge < -0.3 is 4.98 Å². The standard InChI is InChI=1S/C8H11N3/c1-3-7(9-5-1)8-4-2-6-10-11-8/h1,3,5,8-9H,2,4,6H2. The van der Waals surface area contributed by atoms with Gasteiger partial charge in [-0.2, -0.15) is 10.2 Å². The topological polar surface area (TPSA) is 40.5 Å². The minimum atomic E-state index is 0.291. The normalized spacial score (nSPS) is 23.8. The summed E-state index contributed by atoms with van der Waals surface area (Å²) in [6, 6.07) is 4.35. The van der Waals surface area contributed by atoms with Crippen LogP contribution in [-0.4, -0.2) is 11.5 Å². The van der Waals surface area contributed by atoms with E-state index in [4.69, 9.17) is 0 Å². The van der Waals surface area contributed by atoms with E-state index < -0.39 is 0 Å². The molecule has 0 fully saturated rings.